The molecule has 0 amide bonds. The number of nitrogens with one attached hydrogen (secondary N) is 1. The third-order valence-corrected chi connectivity index (χ3v) is 4.03. The quantitative estimate of drug-likeness (QED) is 0.398. The molecule has 0 aromatic heterocycles. The molecule has 0 spiro atoms. The molecule has 0 fully saturated rings. The summed E-state index contributed by atoms with van der Waals surface area (Å²) in [4.78, 5) is 0.0537. The van der Waals surface area contributed by atoms with Crippen molar-refractivity contribution in [2.75, 3.05) is 29.1 Å². The first-order valence-corrected chi connectivity index (χ1v) is 8.00. The highest BCUT2D eigenvalue weighted by molar-refractivity contribution is 7.99. The summed E-state index contributed by atoms with van der Waals surface area (Å²) in [5.41, 5.74) is 6.83. The van der Waals surface area contributed by atoms with E-state index in [0.717, 1.165) is 11.5 Å². The normalized spacial score (nSPS) is 11.2. The van der Waals surface area contributed by atoms with Crippen LogP contribution in [0.1, 0.15) is 0 Å². The Morgan fingerprint density at radius 2 is 2.17 bits per heavy atom. The van der Waals surface area contributed by atoms with Gasteiger partial charge in [-0.3, -0.25) is 0 Å². The molecule has 1 rings (SSSR count). The number of thioether (sulfide) groups is 1. The Hall–Kier alpha value is -1.18. The molecule has 0 bridgehead atoms. The van der Waals surface area contributed by atoms with E-state index >= 15 is 0 Å². The summed E-state index contributed by atoms with van der Waals surface area (Å²) in [7, 11) is -3.70. The third-order valence-electron chi connectivity index (χ3n) is 2.15. The molecule has 18 heavy (non-hydrogen) atoms. The van der Waals surface area contributed by atoms with Gasteiger partial charge in [-0.25, -0.2) is 13.6 Å². The highest BCUT2D eigenvalue weighted by Gasteiger charge is 2.09. The van der Waals surface area contributed by atoms with Gasteiger partial charge in [0.2, 0.25) is 10.0 Å². The van der Waals surface area contributed by atoms with Gasteiger partial charge < -0.3 is 11.1 Å². The molecule has 0 aliphatic heterocycles. The standard InChI is InChI=1S/C11H17N3O2S2/c1-2-6-17-7-5-14-11-8-9(18(13,15)16)3-4-10(11)12/h2-4,8,14H,1,5-7,12H2,(H2,13,15,16). The van der Waals surface area contributed by atoms with Gasteiger partial charge in [0.25, 0.3) is 0 Å². The molecule has 0 aliphatic rings. The van der Waals surface area contributed by atoms with Crippen molar-refractivity contribution in [2.45, 2.75) is 4.90 Å². The molecular formula is C11H17N3O2S2. The lowest BCUT2D eigenvalue weighted by Crippen LogP contribution is -2.13. The maximum atomic E-state index is 11.2. The van der Waals surface area contributed by atoms with Crippen molar-refractivity contribution in [1.29, 1.82) is 0 Å². The van der Waals surface area contributed by atoms with Crippen molar-refractivity contribution >= 4 is 33.2 Å². The number of nitrogens with two attached hydrogens (primary N) is 2. The third kappa shape index (κ3) is 4.59. The highest BCUT2D eigenvalue weighted by atomic mass is 32.2. The van der Waals surface area contributed by atoms with Gasteiger partial charge in [-0.1, -0.05) is 6.08 Å². The van der Waals surface area contributed by atoms with Gasteiger partial charge in [0.05, 0.1) is 16.3 Å². The van der Waals surface area contributed by atoms with Crippen LogP contribution in [0.3, 0.4) is 0 Å². The van der Waals surface area contributed by atoms with Crippen LogP contribution in [0.4, 0.5) is 11.4 Å². The maximum absolute atomic E-state index is 11.2. The molecule has 1 aromatic rings. The van der Waals surface area contributed by atoms with Crippen LogP contribution in [0.15, 0.2) is 35.7 Å². The number of hydrogen-bond donors (Lipinski definition) is 3. The van der Waals surface area contributed by atoms with Crippen LogP contribution in [0.25, 0.3) is 0 Å². The molecule has 5 N–H and O–H groups in total. The minimum absolute atomic E-state index is 0.0537. The molecular weight excluding hydrogens is 270 g/mol. The molecule has 1 aromatic carbocycles. The lowest BCUT2D eigenvalue weighted by Gasteiger charge is -2.10. The highest BCUT2D eigenvalue weighted by Crippen LogP contribution is 2.22. The second kappa shape index (κ2) is 6.67. The Balaban J connectivity index is 2.67. The Labute approximate surface area is 112 Å². The van der Waals surface area contributed by atoms with Crippen LogP contribution in [0.2, 0.25) is 0 Å². The van der Waals surface area contributed by atoms with Crippen LogP contribution >= 0.6 is 11.8 Å². The summed E-state index contributed by atoms with van der Waals surface area (Å²) in [6, 6.07) is 4.37. The minimum Gasteiger partial charge on any atom is -0.397 e. The van der Waals surface area contributed by atoms with Gasteiger partial charge in [0.1, 0.15) is 0 Å². The first kappa shape index (κ1) is 14.9. The van der Waals surface area contributed by atoms with E-state index in [-0.39, 0.29) is 4.90 Å². The van der Waals surface area contributed by atoms with Gasteiger partial charge in [0, 0.05) is 18.1 Å². The minimum atomic E-state index is -3.70. The van der Waals surface area contributed by atoms with E-state index in [1.165, 1.54) is 18.2 Å². The average molecular weight is 287 g/mol. The van der Waals surface area contributed by atoms with Gasteiger partial charge in [0.15, 0.2) is 0 Å². The summed E-state index contributed by atoms with van der Waals surface area (Å²) in [5.74, 6) is 1.76. The van der Waals surface area contributed by atoms with Crippen molar-refractivity contribution in [3.8, 4) is 0 Å². The Bertz CT molecular complexity index is 515. The van der Waals surface area contributed by atoms with Crippen molar-refractivity contribution in [3.05, 3.63) is 30.9 Å². The van der Waals surface area contributed by atoms with Crippen LogP contribution in [0, 0.1) is 0 Å². The summed E-state index contributed by atoms with van der Waals surface area (Å²) < 4.78 is 22.4. The topological polar surface area (TPSA) is 98.2 Å². The fourth-order valence-corrected chi connectivity index (χ4v) is 2.41. The van der Waals surface area contributed by atoms with E-state index in [4.69, 9.17) is 10.9 Å². The SMILES string of the molecule is C=CCSCCNc1cc(S(N)(=O)=O)ccc1N. The lowest BCUT2D eigenvalue weighted by molar-refractivity contribution is 0.598. The molecule has 0 heterocycles. The Kier molecular flexibility index (Phi) is 5.52. The van der Waals surface area contributed by atoms with E-state index in [9.17, 15) is 8.42 Å². The lowest BCUT2D eigenvalue weighted by atomic mass is 10.2. The van der Waals surface area contributed by atoms with Crippen LogP contribution in [-0.2, 0) is 10.0 Å². The van der Waals surface area contributed by atoms with E-state index in [1.54, 1.807) is 11.8 Å². The summed E-state index contributed by atoms with van der Waals surface area (Å²) in [5, 5.41) is 8.14. The van der Waals surface area contributed by atoms with Crippen LogP contribution < -0.4 is 16.2 Å². The second-order valence-corrected chi connectivity index (χ2v) is 6.30. The number of rotatable bonds is 7. The van der Waals surface area contributed by atoms with E-state index < -0.39 is 10.0 Å². The number of benzene rings is 1. The molecule has 0 aliphatic carbocycles. The summed E-state index contributed by atoms with van der Waals surface area (Å²) >= 11 is 1.72. The molecule has 5 nitrogen and oxygen atoms in total. The van der Waals surface area contributed by atoms with Crippen molar-refractivity contribution in [3.63, 3.8) is 0 Å². The molecule has 0 saturated heterocycles. The monoisotopic (exact) mass is 287 g/mol. The van der Waals surface area contributed by atoms with Crippen molar-refractivity contribution in [2.24, 2.45) is 5.14 Å². The first-order chi connectivity index (χ1) is 8.45. The maximum Gasteiger partial charge on any atom is 0.238 e. The molecule has 7 heteroatoms. The van der Waals surface area contributed by atoms with Crippen LogP contribution in [0.5, 0.6) is 0 Å². The predicted molar refractivity (Wildman–Crippen MR) is 78.2 cm³/mol. The van der Waals surface area contributed by atoms with Gasteiger partial charge in [-0.2, -0.15) is 11.8 Å². The zero-order valence-electron chi connectivity index (χ0n) is 9.93. The van der Waals surface area contributed by atoms with Gasteiger partial charge in [-0.05, 0) is 18.2 Å². The molecule has 100 valence electrons. The van der Waals surface area contributed by atoms with Crippen molar-refractivity contribution < 1.29 is 8.42 Å². The molecule has 0 unspecified atom stereocenters. The predicted octanol–water partition coefficient (Wildman–Crippen LogP) is 1.25. The Morgan fingerprint density at radius 1 is 1.44 bits per heavy atom. The fourth-order valence-electron chi connectivity index (χ4n) is 1.29. The zero-order valence-corrected chi connectivity index (χ0v) is 11.6. The zero-order chi connectivity index (χ0) is 13.6. The number of hydrogen-bond acceptors (Lipinski definition) is 5. The van der Waals surface area contributed by atoms with E-state index in [1.807, 2.05) is 6.08 Å². The van der Waals surface area contributed by atoms with Crippen molar-refractivity contribution in [1.82, 2.24) is 0 Å². The number of nitrogen functional groups attached to an aromatic ring is 1. The summed E-state index contributed by atoms with van der Waals surface area (Å²) in [6.45, 7) is 4.32. The number of primary sulfonamides is 1. The van der Waals surface area contributed by atoms with Gasteiger partial charge >= 0.3 is 0 Å². The number of anilines is 2. The first-order valence-electron chi connectivity index (χ1n) is 5.30. The van der Waals surface area contributed by atoms with Gasteiger partial charge in [-0.15, -0.1) is 6.58 Å². The van der Waals surface area contributed by atoms with E-state index in [2.05, 4.69) is 11.9 Å². The van der Waals surface area contributed by atoms with Crippen LogP contribution in [-0.4, -0.2) is 26.5 Å². The number of sulfonamides is 1. The molecule has 0 atom stereocenters. The second-order valence-electron chi connectivity index (χ2n) is 3.58. The summed E-state index contributed by atoms with van der Waals surface area (Å²) in [6.07, 6.45) is 1.83. The van der Waals surface area contributed by atoms with E-state index in [0.29, 0.717) is 17.9 Å². The molecule has 0 saturated carbocycles. The smallest absolute Gasteiger partial charge is 0.238 e. The largest absolute Gasteiger partial charge is 0.397 e. The Morgan fingerprint density at radius 3 is 2.78 bits per heavy atom. The fraction of sp³-hybridized carbons (Fsp3) is 0.273. The molecule has 0 radical (unpaired) electrons. The average Bonchev–Trinajstić information content (AvgIpc) is 2.29.